The zero-order chi connectivity index (χ0) is 21.9. The van der Waals surface area contributed by atoms with Crippen LogP contribution in [0.3, 0.4) is 0 Å². The van der Waals surface area contributed by atoms with Gasteiger partial charge >= 0.3 is 0 Å². The summed E-state index contributed by atoms with van der Waals surface area (Å²) < 4.78 is 40.8. The fourth-order valence-electron chi connectivity index (χ4n) is 3.56. The van der Waals surface area contributed by atoms with Crippen molar-refractivity contribution in [2.45, 2.75) is 51.5 Å². The van der Waals surface area contributed by atoms with Crippen molar-refractivity contribution < 1.29 is 17.6 Å². The number of carbonyl (C=O) groups excluding carboxylic acids is 1. The van der Waals surface area contributed by atoms with Crippen LogP contribution in [0.25, 0.3) is 0 Å². The van der Waals surface area contributed by atoms with Crippen LogP contribution in [-0.4, -0.2) is 26.4 Å². The Morgan fingerprint density at radius 1 is 0.966 bits per heavy atom. The molecule has 5 nitrogen and oxygen atoms in total. The normalized spacial score (nSPS) is 12.5. The zero-order valence-electron chi connectivity index (χ0n) is 17.6. The topological polar surface area (TPSA) is 66.5 Å². The van der Waals surface area contributed by atoms with E-state index in [0.29, 0.717) is 6.42 Å². The molecule has 158 valence electrons. The molecule has 0 fully saturated rings. The molecular formula is C22H29FN2O3S. The van der Waals surface area contributed by atoms with E-state index in [2.05, 4.69) is 26.1 Å². The average molecular weight is 421 g/mol. The number of hydrogen-bond donors (Lipinski definition) is 1. The van der Waals surface area contributed by atoms with Crippen molar-refractivity contribution in [3.63, 3.8) is 0 Å². The Hall–Kier alpha value is -2.41. The smallest absolute Gasteiger partial charge is 0.264 e. The van der Waals surface area contributed by atoms with Crippen LogP contribution in [0.1, 0.15) is 41.0 Å². The first-order valence-electron chi connectivity index (χ1n) is 9.45. The van der Waals surface area contributed by atoms with E-state index in [1.807, 2.05) is 13.8 Å². The van der Waals surface area contributed by atoms with Crippen LogP contribution in [0.4, 0.5) is 10.1 Å². The lowest BCUT2D eigenvalue weighted by atomic mass is 9.82. The van der Waals surface area contributed by atoms with Crippen molar-refractivity contribution in [1.29, 1.82) is 0 Å². The van der Waals surface area contributed by atoms with Crippen LogP contribution in [-0.2, 0) is 14.8 Å². The van der Waals surface area contributed by atoms with Gasteiger partial charge in [0.15, 0.2) is 0 Å². The summed E-state index contributed by atoms with van der Waals surface area (Å²) in [6.07, 6.45) is 0.716. The molecule has 2 aromatic carbocycles. The summed E-state index contributed by atoms with van der Waals surface area (Å²) in [5.74, 6) is -0.912. The number of sulfonamides is 1. The quantitative estimate of drug-likeness (QED) is 0.724. The highest BCUT2D eigenvalue weighted by Crippen LogP contribution is 2.27. The number of benzene rings is 2. The summed E-state index contributed by atoms with van der Waals surface area (Å²) in [5, 5.41) is 2.93. The summed E-state index contributed by atoms with van der Waals surface area (Å²) in [4.78, 5) is 12.8. The Kier molecular flexibility index (Phi) is 6.73. The lowest BCUT2D eigenvalue weighted by Gasteiger charge is -2.34. The second-order valence-corrected chi connectivity index (χ2v) is 10.8. The lowest BCUT2D eigenvalue weighted by Crippen LogP contribution is -2.50. The predicted octanol–water partition coefficient (Wildman–Crippen LogP) is 4.35. The minimum Gasteiger partial charge on any atom is -0.350 e. The molecule has 0 aliphatic heterocycles. The van der Waals surface area contributed by atoms with Crippen LogP contribution in [0.2, 0.25) is 0 Å². The maximum Gasteiger partial charge on any atom is 0.264 e. The molecule has 0 spiro atoms. The summed E-state index contributed by atoms with van der Waals surface area (Å²) in [6.45, 7) is 9.63. The van der Waals surface area contributed by atoms with E-state index in [9.17, 15) is 17.6 Å². The molecule has 2 aromatic rings. The molecule has 0 aliphatic carbocycles. The van der Waals surface area contributed by atoms with Gasteiger partial charge in [-0.3, -0.25) is 9.10 Å². The van der Waals surface area contributed by atoms with Crippen LogP contribution in [0.5, 0.6) is 0 Å². The average Bonchev–Trinajstić information content (AvgIpc) is 2.58. The van der Waals surface area contributed by atoms with Gasteiger partial charge in [-0.1, -0.05) is 39.0 Å². The lowest BCUT2D eigenvalue weighted by molar-refractivity contribution is -0.121. The Morgan fingerprint density at radius 2 is 1.52 bits per heavy atom. The van der Waals surface area contributed by atoms with Crippen molar-refractivity contribution in [1.82, 2.24) is 5.32 Å². The monoisotopic (exact) mass is 420 g/mol. The van der Waals surface area contributed by atoms with Crippen molar-refractivity contribution in [2.24, 2.45) is 5.41 Å². The van der Waals surface area contributed by atoms with E-state index >= 15 is 0 Å². The van der Waals surface area contributed by atoms with E-state index in [-0.39, 0.29) is 16.0 Å². The fraction of sp³-hybridized carbons (Fsp3) is 0.409. The van der Waals surface area contributed by atoms with Crippen molar-refractivity contribution >= 4 is 21.6 Å². The third-order valence-corrected chi connectivity index (χ3v) is 5.97. The molecule has 0 heterocycles. The second-order valence-electron chi connectivity index (χ2n) is 8.97. The van der Waals surface area contributed by atoms with Crippen molar-refractivity contribution in [2.75, 3.05) is 10.8 Å². The number of nitrogens with zero attached hydrogens (tertiary/aromatic N) is 1. The third-order valence-electron chi connectivity index (χ3n) is 4.18. The number of halogens is 1. The van der Waals surface area contributed by atoms with E-state index in [4.69, 9.17) is 0 Å². The summed E-state index contributed by atoms with van der Waals surface area (Å²) in [7, 11) is -4.00. The van der Waals surface area contributed by atoms with Gasteiger partial charge in [0, 0.05) is 5.54 Å². The number of carbonyl (C=O) groups is 1. The molecule has 2 rings (SSSR count). The third kappa shape index (κ3) is 6.56. The summed E-state index contributed by atoms with van der Waals surface area (Å²) >= 11 is 0. The molecule has 0 saturated heterocycles. The fourth-order valence-corrected chi connectivity index (χ4v) is 5.00. The first-order chi connectivity index (χ1) is 13.3. The van der Waals surface area contributed by atoms with Crippen LogP contribution >= 0.6 is 0 Å². The van der Waals surface area contributed by atoms with E-state index in [1.54, 1.807) is 18.2 Å². The number of amides is 1. The van der Waals surface area contributed by atoms with Gasteiger partial charge in [-0.15, -0.1) is 0 Å². The number of anilines is 1. The van der Waals surface area contributed by atoms with E-state index in [0.717, 1.165) is 4.31 Å². The van der Waals surface area contributed by atoms with Crippen LogP contribution in [0.15, 0.2) is 59.5 Å². The van der Waals surface area contributed by atoms with Gasteiger partial charge in [-0.05, 0) is 62.1 Å². The zero-order valence-corrected chi connectivity index (χ0v) is 18.4. The standard InChI is InChI=1S/C22H29FN2O3S/c1-21(2,3)16-22(4,5)24-20(26)15-25(18-13-11-17(23)12-14-18)29(27,28)19-9-7-6-8-10-19/h6-14H,15-16H2,1-5H3,(H,24,26). The first kappa shape index (κ1) is 22.9. The molecule has 29 heavy (non-hydrogen) atoms. The SMILES string of the molecule is CC(C)(C)CC(C)(C)NC(=O)CN(c1ccc(F)cc1)S(=O)(=O)c1ccccc1. The van der Waals surface area contributed by atoms with E-state index in [1.165, 1.54) is 36.4 Å². The Balaban J connectivity index is 2.34. The molecule has 0 aromatic heterocycles. The van der Waals surface area contributed by atoms with Gasteiger partial charge < -0.3 is 5.32 Å². The van der Waals surface area contributed by atoms with Gasteiger partial charge in [0.05, 0.1) is 10.6 Å². The van der Waals surface area contributed by atoms with Crippen LogP contribution < -0.4 is 9.62 Å². The highest BCUT2D eigenvalue weighted by atomic mass is 32.2. The van der Waals surface area contributed by atoms with Gasteiger partial charge in [0.1, 0.15) is 12.4 Å². The van der Waals surface area contributed by atoms with Crippen molar-refractivity contribution in [3.05, 3.63) is 60.4 Å². The number of rotatable bonds is 7. The van der Waals surface area contributed by atoms with Gasteiger partial charge in [-0.25, -0.2) is 12.8 Å². The molecular weight excluding hydrogens is 391 g/mol. The molecule has 0 bridgehead atoms. The maximum absolute atomic E-state index is 13.4. The summed E-state index contributed by atoms with van der Waals surface area (Å²) in [5.41, 5.74) is -0.303. The minimum absolute atomic E-state index is 0.0104. The molecule has 0 unspecified atom stereocenters. The molecule has 1 amide bonds. The Bertz CT molecular complexity index is 934. The molecule has 1 N–H and O–H groups in total. The molecule has 7 heteroatoms. The molecule has 0 saturated carbocycles. The molecule has 0 radical (unpaired) electrons. The highest BCUT2D eigenvalue weighted by molar-refractivity contribution is 7.92. The van der Waals surface area contributed by atoms with E-state index < -0.39 is 33.8 Å². The Morgan fingerprint density at radius 3 is 2.03 bits per heavy atom. The summed E-state index contributed by atoms with van der Waals surface area (Å²) in [6, 6.07) is 12.9. The maximum atomic E-state index is 13.4. The number of nitrogens with one attached hydrogen (secondary N) is 1. The van der Waals surface area contributed by atoms with Gasteiger partial charge in [-0.2, -0.15) is 0 Å². The Labute approximate surface area is 173 Å². The van der Waals surface area contributed by atoms with Crippen LogP contribution in [0, 0.1) is 11.2 Å². The first-order valence-corrected chi connectivity index (χ1v) is 10.9. The van der Waals surface area contributed by atoms with Crippen molar-refractivity contribution in [3.8, 4) is 0 Å². The highest BCUT2D eigenvalue weighted by Gasteiger charge is 2.31. The van der Waals surface area contributed by atoms with Gasteiger partial charge in [0.25, 0.3) is 10.0 Å². The molecule has 0 atom stereocenters. The second kappa shape index (κ2) is 8.53. The van der Waals surface area contributed by atoms with Gasteiger partial charge in [0.2, 0.25) is 5.91 Å². The minimum atomic E-state index is -4.00. The molecule has 0 aliphatic rings. The number of hydrogen-bond acceptors (Lipinski definition) is 3. The largest absolute Gasteiger partial charge is 0.350 e. The predicted molar refractivity (Wildman–Crippen MR) is 114 cm³/mol.